The van der Waals surface area contributed by atoms with Crippen LogP contribution in [0.2, 0.25) is 10.0 Å². The van der Waals surface area contributed by atoms with Gasteiger partial charge < -0.3 is 39.7 Å². The zero-order valence-corrected chi connectivity index (χ0v) is 52.9. The van der Waals surface area contributed by atoms with Crippen LogP contribution in [0.1, 0.15) is 172 Å². The molecule has 86 heavy (non-hydrogen) atoms. The molecule has 8 aliphatic rings. The summed E-state index contributed by atoms with van der Waals surface area (Å²) >= 11 is 12.8. The molecule has 6 N–H and O–H groups in total. The van der Waals surface area contributed by atoms with Crippen molar-refractivity contribution in [1.82, 2.24) is 9.44 Å². The Kier molecular flexibility index (Phi) is 18.5. The van der Waals surface area contributed by atoms with E-state index in [1.54, 1.807) is 50.2 Å². The van der Waals surface area contributed by atoms with Gasteiger partial charge in [-0.15, -0.1) is 0 Å². The van der Waals surface area contributed by atoms with Crippen molar-refractivity contribution in [1.29, 1.82) is 0 Å². The number of sulfonamides is 2. The number of aryl methyl sites for hydroxylation is 2. The molecule has 0 unspecified atom stereocenters. The fourth-order valence-electron chi connectivity index (χ4n) is 16.1. The number of benzene rings is 4. The highest BCUT2D eigenvalue weighted by molar-refractivity contribution is 7.91. The summed E-state index contributed by atoms with van der Waals surface area (Å²) < 4.78 is 70.7. The molecule has 4 aliphatic heterocycles. The molecule has 0 saturated heterocycles. The highest BCUT2D eigenvalue weighted by Gasteiger charge is 2.51. The van der Waals surface area contributed by atoms with Crippen LogP contribution in [0.25, 0.3) is 0 Å². The minimum Gasteiger partial charge on any atom is -0.490 e. The topological polar surface area (TPSA) is 232 Å². The Morgan fingerprint density at radius 2 is 0.965 bits per heavy atom. The number of hydrogen-bond acceptors (Lipinski definition) is 14. The molecule has 0 aromatic heterocycles. The summed E-state index contributed by atoms with van der Waals surface area (Å²) in [4.78, 5) is 31.3. The first kappa shape index (κ1) is 62.9. The molecule has 20 heteroatoms. The Labute approximate surface area is 517 Å². The lowest BCUT2D eigenvalue weighted by molar-refractivity contribution is -0.117. The number of carbonyl (C=O) groups is 2. The lowest BCUT2D eigenvalue weighted by atomic mass is 9.63. The first-order valence-electron chi connectivity index (χ1n) is 31.5. The molecule has 16 nitrogen and oxygen atoms in total. The van der Waals surface area contributed by atoms with Gasteiger partial charge in [-0.1, -0.05) is 74.9 Å². The average molecular weight is 1260 g/mol. The van der Waals surface area contributed by atoms with Crippen molar-refractivity contribution < 1.29 is 56.3 Å². The van der Waals surface area contributed by atoms with Crippen LogP contribution < -0.4 is 28.7 Å². The predicted octanol–water partition coefficient (Wildman–Crippen LogP) is 9.95. The molecule has 0 radical (unpaired) electrons. The molecule has 2 fully saturated rings. The number of amides is 2. The van der Waals surface area contributed by atoms with Gasteiger partial charge in [-0.2, -0.15) is 0 Å². The number of aliphatic hydroxyl groups excluding tert-OH is 2. The summed E-state index contributed by atoms with van der Waals surface area (Å²) in [6, 6.07) is 22.6. The SMILES string of the molecule is CC[C@@H]1CCCC[C@@](O)(CO)[C@@H]2CC[C@H]2CN2C[C@@]3(CCCc4cc(Cl)ccc43)COc3ccc(cc32)C(=O)NS1(=O)=O.CC[C@@H]1CCCC[C@](O)(CO)[C@@H]2CC[C@H]2CN2C[C@@]3(CCCc4cc(Cl)ccc43)COc3ccc(cc32)C(=O)NS1(=O)=O. The Balaban J connectivity index is 0.000000179. The van der Waals surface area contributed by atoms with Gasteiger partial charge in [0.15, 0.2) is 0 Å². The summed E-state index contributed by atoms with van der Waals surface area (Å²) in [7, 11) is -7.82. The number of nitrogens with zero attached hydrogens (tertiary/aromatic N) is 2. The monoisotopic (exact) mass is 1260 g/mol. The minimum absolute atomic E-state index is 0.0661. The first-order chi connectivity index (χ1) is 41.1. The van der Waals surface area contributed by atoms with Crippen molar-refractivity contribution in [2.24, 2.45) is 23.7 Å². The van der Waals surface area contributed by atoms with E-state index in [1.807, 2.05) is 12.1 Å². The van der Waals surface area contributed by atoms with Crippen LogP contribution in [0.5, 0.6) is 11.5 Å². The molecule has 4 aliphatic carbocycles. The minimum atomic E-state index is -3.91. The normalized spacial score (nSPS) is 32.4. The number of nitrogens with one attached hydrogen (secondary N) is 2. The van der Waals surface area contributed by atoms with Crippen molar-refractivity contribution in [3.05, 3.63) is 116 Å². The maximum absolute atomic E-state index is 13.4. The number of fused-ring (bicyclic) bond motifs is 8. The van der Waals surface area contributed by atoms with Gasteiger partial charge in [0.25, 0.3) is 11.8 Å². The van der Waals surface area contributed by atoms with E-state index in [0.29, 0.717) is 115 Å². The highest BCUT2D eigenvalue weighted by atomic mass is 35.5. The van der Waals surface area contributed by atoms with E-state index in [1.165, 1.54) is 22.3 Å². The predicted molar refractivity (Wildman–Crippen MR) is 335 cm³/mol. The van der Waals surface area contributed by atoms with Gasteiger partial charge in [-0.3, -0.25) is 9.59 Å². The van der Waals surface area contributed by atoms with Gasteiger partial charge in [-0.05, 0) is 209 Å². The van der Waals surface area contributed by atoms with E-state index in [9.17, 15) is 46.9 Å². The number of hydrogen-bond donors (Lipinski definition) is 6. The third-order valence-corrected chi connectivity index (χ3v) is 25.6. The van der Waals surface area contributed by atoms with Crippen LogP contribution >= 0.6 is 23.2 Å². The molecule has 2 spiro atoms. The standard InChI is InChI=1S/2C33H43ClN2O6S/c2*1-2-26-7-3-4-15-33(39,20-37)28-11-8-24(28)18-36-19-32(14-5-6-22-16-25(34)10-12-27(22)32)21-42-30-13-9-23(17-29(30)36)31(38)35-43(26,40)41/h2*9-10,12-13,16-17,24,26,28,37,39H,2-8,11,14-15,18-21H2,1H3,(H,35,38)/t24-,26+,28+,32-,33+;24-,26+,28+,32-,33-/m00/s1. The average Bonchev–Trinajstić information content (AvgIpc) is 1.86. The number of anilines is 2. The summed E-state index contributed by atoms with van der Waals surface area (Å²) in [6.07, 6.45) is 14.0. The highest BCUT2D eigenvalue weighted by Crippen LogP contribution is 2.51. The Bertz CT molecular complexity index is 3190. The van der Waals surface area contributed by atoms with Crippen LogP contribution in [0.4, 0.5) is 11.4 Å². The molecule has 4 aromatic rings. The fraction of sp³-hybridized carbons (Fsp3) is 0.606. The quantitative estimate of drug-likeness (QED) is 0.112. The largest absolute Gasteiger partial charge is 0.490 e. The van der Waals surface area contributed by atoms with E-state index in [0.717, 1.165) is 85.6 Å². The van der Waals surface area contributed by atoms with Crippen LogP contribution in [0, 0.1) is 23.7 Å². The van der Waals surface area contributed by atoms with Crippen molar-refractivity contribution in [3.8, 4) is 11.5 Å². The van der Waals surface area contributed by atoms with Crippen molar-refractivity contribution in [2.75, 3.05) is 62.4 Å². The van der Waals surface area contributed by atoms with E-state index in [4.69, 9.17) is 32.7 Å². The van der Waals surface area contributed by atoms with Gasteiger partial charge >= 0.3 is 0 Å². The molecule has 468 valence electrons. The van der Waals surface area contributed by atoms with E-state index < -0.39 is 53.6 Å². The number of aliphatic hydroxyl groups is 4. The molecular weight excluding hydrogens is 1180 g/mol. The first-order valence-corrected chi connectivity index (χ1v) is 35.4. The molecule has 12 rings (SSSR count). The lowest BCUT2D eigenvalue weighted by Gasteiger charge is -2.49. The fourth-order valence-corrected chi connectivity index (χ4v) is 19.4. The number of carbonyl (C=O) groups excluding carboxylic acids is 2. The molecule has 2 amide bonds. The van der Waals surface area contributed by atoms with E-state index in [-0.39, 0.29) is 58.8 Å². The van der Waals surface area contributed by atoms with Crippen LogP contribution in [-0.4, -0.2) is 123 Å². The van der Waals surface area contributed by atoms with Crippen LogP contribution in [0.15, 0.2) is 72.8 Å². The third-order valence-electron chi connectivity index (χ3n) is 21.3. The Hall–Kier alpha value is -4.66. The van der Waals surface area contributed by atoms with Gasteiger partial charge in [0, 0.05) is 58.2 Å². The van der Waals surface area contributed by atoms with Gasteiger partial charge in [0.2, 0.25) is 20.0 Å². The summed E-state index contributed by atoms with van der Waals surface area (Å²) in [5.41, 5.74) is 3.93. The smallest absolute Gasteiger partial charge is 0.264 e. The number of halogens is 2. The van der Waals surface area contributed by atoms with Crippen molar-refractivity contribution in [3.63, 3.8) is 0 Å². The lowest BCUT2D eigenvalue weighted by Crippen LogP contribution is -2.54. The van der Waals surface area contributed by atoms with Crippen molar-refractivity contribution >= 4 is 66.4 Å². The molecule has 2 saturated carbocycles. The Morgan fingerprint density at radius 1 is 0.547 bits per heavy atom. The molecular formula is C66H86Cl2N4O12S2. The molecule has 10 atom stereocenters. The van der Waals surface area contributed by atoms with E-state index in [2.05, 4.69) is 43.5 Å². The summed E-state index contributed by atoms with van der Waals surface area (Å²) in [5, 5.41) is 44.2. The second-order valence-corrected chi connectivity index (χ2v) is 31.3. The van der Waals surface area contributed by atoms with E-state index >= 15 is 0 Å². The van der Waals surface area contributed by atoms with Crippen LogP contribution in [0.3, 0.4) is 0 Å². The molecule has 4 bridgehead atoms. The number of rotatable bonds is 4. The number of ether oxygens (including phenoxy) is 2. The third kappa shape index (κ3) is 12.5. The van der Waals surface area contributed by atoms with Gasteiger partial charge in [0.1, 0.15) is 11.5 Å². The van der Waals surface area contributed by atoms with Gasteiger partial charge in [-0.25, -0.2) is 26.3 Å². The van der Waals surface area contributed by atoms with Crippen LogP contribution in [-0.2, 0) is 43.7 Å². The zero-order chi connectivity index (χ0) is 60.8. The summed E-state index contributed by atoms with van der Waals surface area (Å²) in [5.74, 6) is 0.205. The zero-order valence-electron chi connectivity index (χ0n) is 49.7. The second-order valence-electron chi connectivity index (χ2n) is 26.5. The maximum Gasteiger partial charge on any atom is 0.264 e. The maximum atomic E-state index is 13.4. The van der Waals surface area contributed by atoms with Gasteiger partial charge in [0.05, 0.1) is 59.5 Å². The second kappa shape index (κ2) is 25.3. The molecule has 4 heterocycles. The van der Waals surface area contributed by atoms with Crippen molar-refractivity contribution in [2.45, 2.75) is 175 Å². The summed E-state index contributed by atoms with van der Waals surface area (Å²) in [6.45, 7) is 6.48. The molecule has 4 aromatic carbocycles. The Morgan fingerprint density at radius 3 is 1.34 bits per heavy atom.